The van der Waals surface area contributed by atoms with Gasteiger partial charge in [-0.2, -0.15) is 0 Å². The zero-order valence-corrected chi connectivity index (χ0v) is 10.9. The minimum absolute atomic E-state index is 0.155. The molecule has 0 heterocycles. The van der Waals surface area contributed by atoms with Crippen LogP contribution in [-0.2, 0) is 4.79 Å². The van der Waals surface area contributed by atoms with Crippen molar-refractivity contribution in [1.29, 1.82) is 0 Å². The highest BCUT2D eigenvalue weighted by Gasteiger charge is 2.28. The molecule has 1 N–H and O–H groups in total. The molecule has 0 aliphatic carbocycles. The maximum absolute atomic E-state index is 11.7. The van der Waals surface area contributed by atoms with E-state index in [1.54, 1.807) is 0 Å². The smallest absolute Gasteiger partial charge is 0.182 e. The monoisotopic (exact) mass is 214 g/mol. The molecule has 14 heavy (non-hydrogen) atoms. The first-order chi connectivity index (χ1) is 6.16. The van der Waals surface area contributed by atoms with Gasteiger partial charge >= 0.3 is 0 Å². The average Bonchev–Trinajstić information content (AvgIpc) is 1.98. The Balaban J connectivity index is 4.41. The van der Waals surface area contributed by atoms with Gasteiger partial charge in [0.1, 0.15) is 6.10 Å². The molecule has 0 aromatic carbocycles. The van der Waals surface area contributed by atoms with Gasteiger partial charge in [-0.15, -0.1) is 0 Å². The van der Waals surface area contributed by atoms with Gasteiger partial charge in [-0.1, -0.05) is 40.1 Å². The molecular weight excluding hydrogens is 192 g/mol. The van der Waals surface area contributed by atoms with Crippen LogP contribution in [0.25, 0.3) is 0 Å². The van der Waals surface area contributed by atoms with Crippen molar-refractivity contribution in [2.75, 3.05) is 0 Å². The van der Waals surface area contributed by atoms with Gasteiger partial charge in [0.25, 0.3) is 0 Å². The van der Waals surface area contributed by atoms with Gasteiger partial charge < -0.3 is 5.11 Å². The second kappa shape index (κ2) is 4.89. The number of rotatable bonds is 5. The highest BCUT2D eigenvalue weighted by molar-refractivity contribution is 6.87. The van der Waals surface area contributed by atoms with Crippen LogP contribution >= 0.6 is 0 Å². The van der Waals surface area contributed by atoms with Crippen LogP contribution in [0.1, 0.15) is 20.3 Å². The summed E-state index contributed by atoms with van der Waals surface area (Å²) in [6, 6.07) is 0. The van der Waals surface area contributed by atoms with Crippen molar-refractivity contribution in [3.8, 4) is 0 Å². The lowest BCUT2D eigenvalue weighted by Crippen LogP contribution is -2.35. The van der Waals surface area contributed by atoms with E-state index in [1.165, 1.54) is 0 Å². The Morgan fingerprint density at radius 3 is 2.07 bits per heavy atom. The maximum Gasteiger partial charge on any atom is 0.182 e. The largest absolute Gasteiger partial charge is 0.385 e. The predicted octanol–water partition coefficient (Wildman–Crippen LogP) is 2.40. The van der Waals surface area contributed by atoms with E-state index in [0.29, 0.717) is 17.5 Å². The van der Waals surface area contributed by atoms with E-state index in [4.69, 9.17) is 0 Å². The van der Waals surface area contributed by atoms with Gasteiger partial charge in [0.15, 0.2) is 5.78 Å². The topological polar surface area (TPSA) is 37.3 Å². The van der Waals surface area contributed by atoms with E-state index < -0.39 is 14.2 Å². The van der Waals surface area contributed by atoms with E-state index in [1.807, 2.05) is 13.8 Å². The highest BCUT2D eigenvalue weighted by Crippen LogP contribution is 2.17. The fraction of sp³-hybridized carbons (Fsp3) is 0.727. The van der Waals surface area contributed by atoms with Crippen LogP contribution in [-0.4, -0.2) is 25.1 Å². The molecular formula is C11H22O2Si. The van der Waals surface area contributed by atoms with Crippen molar-refractivity contribution in [3.05, 3.63) is 11.8 Å². The Morgan fingerprint density at radius 2 is 1.79 bits per heavy atom. The Labute approximate surface area is 88.0 Å². The van der Waals surface area contributed by atoms with Crippen LogP contribution in [0.15, 0.2) is 11.8 Å². The molecule has 0 bridgehead atoms. The summed E-state index contributed by atoms with van der Waals surface area (Å²) in [4.78, 5) is 11.7. The molecule has 2 nitrogen and oxygen atoms in total. The zero-order valence-electron chi connectivity index (χ0n) is 9.92. The van der Waals surface area contributed by atoms with Crippen LogP contribution in [0, 0.1) is 5.92 Å². The van der Waals surface area contributed by atoms with Crippen molar-refractivity contribution < 1.29 is 9.90 Å². The molecule has 0 aromatic rings. The quantitative estimate of drug-likeness (QED) is 0.563. The van der Waals surface area contributed by atoms with Crippen LogP contribution in [0.2, 0.25) is 19.6 Å². The minimum atomic E-state index is -1.64. The molecule has 0 radical (unpaired) electrons. The number of hydrogen-bond acceptors (Lipinski definition) is 2. The number of aliphatic hydroxyl groups is 1. The van der Waals surface area contributed by atoms with E-state index in [-0.39, 0.29) is 5.78 Å². The molecule has 0 aromatic heterocycles. The van der Waals surface area contributed by atoms with E-state index in [0.717, 1.165) is 0 Å². The molecule has 1 atom stereocenters. The first kappa shape index (κ1) is 13.6. The first-order valence-corrected chi connectivity index (χ1v) is 8.58. The van der Waals surface area contributed by atoms with Crippen LogP contribution < -0.4 is 0 Å². The molecule has 0 saturated heterocycles. The predicted molar refractivity (Wildman–Crippen MR) is 63.0 cm³/mol. The molecule has 0 saturated carbocycles. The standard InChI is InChI=1S/C11H22O2Si/c1-8(2)7-10(12)11(13)9(3)14(4,5)6/h8,10,12H,3,7H2,1-2,4-6H3/t10-/m1/s1. The second-order valence-corrected chi connectivity index (χ2v) is 10.3. The molecule has 3 heteroatoms. The summed E-state index contributed by atoms with van der Waals surface area (Å²) in [7, 11) is -1.64. The van der Waals surface area contributed by atoms with Crippen molar-refractivity contribution in [2.24, 2.45) is 5.92 Å². The molecule has 0 unspecified atom stereocenters. The lowest BCUT2D eigenvalue weighted by atomic mass is 10.0. The number of carbonyl (C=O) groups excluding carboxylic acids is 1. The summed E-state index contributed by atoms with van der Waals surface area (Å²) in [6.45, 7) is 14.0. The first-order valence-electron chi connectivity index (χ1n) is 5.08. The molecule has 82 valence electrons. The second-order valence-electron chi connectivity index (χ2n) is 5.24. The number of hydrogen-bond donors (Lipinski definition) is 1. The van der Waals surface area contributed by atoms with Gasteiger partial charge in [-0.25, -0.2) is 0 Å². The van der Waals surface area contributed by atoms with Gasteiger partial charge in [-0.3, -0.25) is 4.79 Å². The van der Waals surface area contributed by atoms with E-state index in [2.05, 4.69) is 26.2 Å². The van der Waals surface area contributed by atoms with Gasteiger partial charge in [0.2, 0.25) is 0 Å². The summed E-state index contributed by atoms with van der Waals surface area (Å²) < 4.78 is 0. The third kappa shape index (κ3) is 4.20. The van der Waals surface area contributed by atoms with Crippen molar-refractivity contribution in [2.45, 2.75) is 46.0 Å². The third-order valence-electron chi connectivity index (χ3n) is 2.20. The lowest BCUT2D eigenvalue weighted by Gasteiger charge is -2.21. The Morgan fingerprint density at radius 1 is 1.36 bits per heavy atom. The summed E-state index contributed by atoms with van der Waals surface area (Å²) in [5.74, 6) is 0.182. The van der Waals surface area contributed by atoms with Crippen LogP contribution in [0.3, 0.4) is 0 Å². The van der Waals surface area contributed by atoms with Crippen LogP contribution in [0.5, 0.6) is 0 Å². The van der Waals surface area contributed by atoms with Crippen molar-refractivity contribution in [1.82, 2.24) is 0 Å². The Hall–Kier alpha value is -0.413. The van der Waals surface area contributed by atoms with Crippen molar-refractivity contribution >= 4 is 13.9 Å². The maximum atomic E-state index is 11.7. The highest BCUT2D eigenvalue weighted by atomic mass is 28.3. The van der Waals surface area contributed by atoms with E-state index in [9.17, 15) is 9.90 Å². The fourth-order valence-electron chi connectivity index (χ4n) is 1.12. The Bertz CT molecular complexity index is 226. The number of carbonyl (C=O) groups is 1. The number of Topliss-reactive ketones (excluding diaryl/α,β-unsaturated/α-hetero) is 1. The summed E-state index contributed by atoms with van der Waals surface area (Å²) >= 11 is 0. The molecule has 0 aliphatic heterocycles. The van der Waals surface area contributed by atoms with E-state index >= 15 is 0 Å². The third-order valence-corrected chi connectivity index (χ3v) is 4.26. The molecule has 0 fully saturated rings. The lowest BCUT2D eigenvalue weighted by molar-refractivity contribution is -0.123. The minimum Gasteiger partial charge on any atom is -0.385 e. The molecule has 0 amide bonds. The molecule has 0 aliphatic rings. The molecule has 0 spiro atoms. The molecule has 0 rings (SSSR count). The zero-order chi connectivity index (χ0) is 11.5. The average molecular weight is 214 g/mol. The van der Waals surface area contributed by atoms with Gasteiger partial charge in [0, 0.05) is 0 Å². The summed E-state index contributed by atoms with van der Waals surface area (Å²) in [5.41, 5.74) is 0. The number of aliphatic hydroxyl groups excluding tert-OH is 1. The van der Waals surface area contributed by atoms with Gasteiger partial charge in [-0.05, 0) is 17.5 Å². The van der Waals surface area contributed by atoms with Crippen molar-refractivity contribution in [3.63, 3.8) is 0 Å². The SMILES string of the molecule is C=C(C(=O)[C@H](O)CC(C)C)[Si](C)(C)C. The normalized spacial score (nSPS) is 14.2. The summed E-state index contributed by atoms with van der Waals surface area (Å²) in [5, 5.41) is 10.3. The van der Waals surface area contributed by atoms with Gasteiger partial charge in [0.05, 0.1) is 8.07 Å². The Kier molecular flexibility index (Phi) is 4.75. The van der Waals surface area contributed by atoms with Crippen LogP contribution in [0.4, 0.5) is 0 Å². The fourth-order valence-corrected chi connectivity index (χ4v) is 2.03. The summed E-state index contributed by atoms with van der Waals surface area (Å²) in [6.07, 6.45) is -0.322. The number of ketones is 1.